The summed E-state index contributed by atoms with van der Waals surface area (Å²) in [5.74, 6) is -2.78. The number of aryl methyl sites for hydroxylation is 1. The standard InChI is InChI=1S/C25H33N3O4/c1-5-7-9-27-18(29)12-17(23(27)30)19-15(4)20-21(16-11-14(3)13-26-22(16)19)25(32)28(24(20)31)10-8-6-2/h11,13,15,17,19-21H,5-10,12H2,1-4H3. The van der Waals surface area contributed by atoms with Gasteiger partial charge in [-0.2, -0.15) is 0 Å². The van der Waals surface area contributed by atoms with E-state index in [1.54, 1.807) is 6.20 Å². The first kappa shape index (κ1) is 22.6. The first-order valence-electron chi connectivity index (χ1n) is 12.0. The van der Waals surface area contributed by atoms with Gasteiger partial charge in [0, 0.05) is 37.3 Å². The number of unbranched alkanes of at least 4 members (excludes halogenated alkanes) is 2. The third-order valence-electron chi connectivity index (χ3n) is 7.50. The number of aromatic nitrogens is 1. The summed E-state index contributed by atoms with van der Waals surface area (Å²) < 4.78 is 0. The number of carbonyl (C=O) groups excluding carboxylic acids is 4. The van der Waals surface area contributed by atoms with E-state index in [2.05, 4.69) is 4.98 Å². The van der Waals surface area contributed by atoms with Gasteiger partial charge in [0.25, 0.3) is 0 Å². The van der Waals surface area contributed by atoms with Gasteiger partial charge in [0.1, 0.15) is 0 Å². The Kier molecular flexibility index (Phi) is 6.19. The van der Waals surface area contributed by atoms with E-state index in [1.165, 1.54) is 9.80 Å². The summed E-state index contributed by atoms with van der Waals surface area (Å²) in [6.07, 6.45) is 5.25. The number of fused-ring (bicyclic) bond motifs is 3. The summed E-state index contributed by atoms with van der Waals surface area (Å²) in [5, 5.41) is 0. The molecule has 0 spiro atoms. The molecule has 5 unspecified atom stereocenters. The number of rotatable bonds is 7. The predicted molar refractivity (Wildman–Crippen MR) is 118 cm³/mol. The van der Waals surface area contributed by atoms with Gasteiger partial charge < -0.3 is 0 Å². The molecule has 2 aliphatic heterocycles. The predicted octanol–water partition coefficient (Wildman–Crippen LogP) is 3.17. The van der Waals surface area contributed by atoms with Gasteiger partial charge in [-0.05, 0) is 36.8 Å². The Hall–Kier alpha value is -2.57. The van der Waals surface area contributed by atoms with Gasteiger partial charge in [0.2, 0.25) is 23.6 Å². The average Bonchev–Trinajstić information content (AvgIpc) is 3.18. The largest absolute Gasteiger partial charge is 0.282 e. The second kappa shape index (κ2) is 8.75. The average molecular weight is 440 g/mol. The summed E-state index contributed by atoms with van der Waals surface area (Å²) in [6.45, 7) is 8.80. The molecule has 1 aromatic heterocycles. The molecule has 0 N–H and O–H groups in total. The van der Waals surface area contributed by atoms with Crippen LogP contribution in [-0.4, -0.2) is 51.5 Å². The van der Waals surface area contributed by atoms with Crippen LogP contribution in [0.2, 0.25) is 0 Å². The number of carbonyl (C=O) groups is 4. The van der Waals surface area contributed by atoms with Crippen molar-refractivity contribution in [2.45, 2.75) is 71.6 Å². The Morgan fingerprint density at radius 2 is 1.59 bits per heavy atom. The van der Waals surface area contributed by atoms with Gasteiger partial charge in [-0.25, -0.2) is 0 Å². The first-order valence-corrected chi connectivity index (χ1v) is 12.0. The molecule has 0 aromatic carbocycles. The second-order valence-corrected chi connectivity index (χ2v) is 9.60. The minimum absolute atomic E-state index is 0.141. The number of nitrogens with zero attached hydrogens (tertiary/aromatic N) is 3. The monoisotopic (exact) mass is 439 g/mol. The molecule has 172 valence electrons. The van der Waals surface area contributed by atoms with Crippen LogP contribution in [-0.2, 0) is 19.2 Å². The highest BCUT2D eigenvalue weighted by Gasteiger charge is 2.59. The summed E-state index contributed by atoms with van der Waals surface area (Å²) in [7, 11) is 0. The lowest BCUT2D eigenvalue weighted by atomic mass is 9.63. The molecule has 5 atom stereocenters. The highest BCUT2D eigenvalue weighted by Crippen LogP contribution is 2.54. The quantitative estimate of drug-likeness (QED) is 0.609. The third-order valence-corrected chi connectivity index (χ3v) is 7.50. The van der Waals surface area contributed by atoms with Crippen molar-refractivity contribution in [3.8, 4) is 0 Å². The Labute approximate surface area is 189 Å². The molecule has 0 bridgehead atoms. The van der Waals surface area contributed by atoms with E-state index in [4.69, 9.17) is 0 Å². The number of pyridine rings is 1. The molecule has 32 heavy (non-hydrogen) atoms. The zero-order valence-electron chi connectivity index (χ0n) is 19.5. The van der Waals surface area contributed by atoms with E-state index in [0.29, 0.717) is 18.8 Å². The van der Waals surface area contributed by atoms with Crippen LogP contribution in [0.5, 0.6) is 0 Å². The Morgan fingerprint density at radius 1 is 0.938 bits per heavy atom. The SMILES string of the molecule is CCCCN1C(=O)CC(C2c3ncc(C)cc3C3C(=O)N(CCCC)C(=O)C3C2C)C1=O. The molecule has 4 rings (SSSR count). The van der Waals surface area contributed by atoms with E-state index in [1.807, 2.05) is 33.8 Å². The molecular weight excluding hydrogens is 406 g/mol. The number of imide groups is 2. The van der Waals surface area contributed by atoms with Gasteiger partial charge >= 0.3 is 0 Å². The van der Waals surface area contributed by atoms with Crippen LogP contribution in [0.15, 0.2) is 12.3 Å². The summed E-state index contributed by atoms with van der Waals surface area (Å²) in [5.41, 5.74) is 2.40. The Balaban J connectivity index is 1.75. The van der Waals surface area contributed by atoms with E-state index in [0.717, 1.165) is 36.8 Å². The highest BCUT2D eigenvalue weighted by molar-refractivity contribution is 6.09. The van der Waals surface area contributed by atoms with Crippen molar-refractivity contribution < 1.29 is 19.2 Å². The molecule has 4 amide bonds. The van der Waals surface area contributed by atoms with E-state index < -0.39 is 17.8 Å². The molecule has 0 radical (unpaired) electrons. The summed E-state index contributed by atoms with van der Waals surface area (Å²) in [4.78, 5) is 60.2. The van der Waals surface area contributed by atoms with Crippen molar-refractivity contribution in [3.05, 3.63) is 29.1 Å². The minimum Gasteiger partial charge on any atom is -0.282 e. The van der Waals surface area contributed by atoms with E-state index in [-0.39, 0.29) is 41.9 Å². The van der Waals surface area contributed by atoms with Crippen molar-refractivity contribution in [1.82, 2.24) is 14.8 Å². The number of amides is 4. The molecule has 1 aromatic rings. The lowest BCUT2D eigenvalue weighted by Gasteiger charge is -2.39. The van der Waals surface area contributed by atoms with Gasteiger partial charge in [0.05, 0.1) is 17.8 Å². The molecule has 2 fully saturated rings. The number of likely N-dealkylation sites (tertiary alicyclic amines) is 2. The topological polar surface area (TPSA) is 87.7 Å². The van der Waals surface area contributed by atoms with Crippen LogP contribution in [0, 0.1) is 24.7 Å². The van der Waals surface area contributed by atoms with Gasteiger partial charge in [-0.3, -0.25) is 34.0 Å². The van der Waals surface area contributed by atoms with Gasteiger partial charge in [-0.1, -0.05) is 39.7 Å². The number of hydrogen-bond donors (Lipinski definition) is 0. The zero-order chi connectivity index (χ0) is 23.2. The van der Waals surface area contributed by atoms with E-state index in [9.17, 15) is 19.2 Å². The van der Waals surface area contributed by atoms with Crippen LogP contribution >= 0.6 is 0 Å². The van der Waals surface area contributed by atoms with Crippen molar-refractivity contribution in [3.63, 3.8) is 0 Å². The molecular formula is C25H33N3O4. The first-order chi connectivity index (χ1) is 15.3. The normalized spacial score (nSPS) is 29.7. The molecule has 3 heterocycles. The van der Waals surface area contributed by atoms with Crippen molar-refractivity contribution in [2.24, 2.45) is 17.8 Å². The molecule has 2 saturated heterocycles. The molecule has 3 aliphatic rings. The molecule has 7 nitrogen and oxygen atoms in total. The maximum Gasteiger partial charge on any atom is 0.237 e. The Morgan fingerprint density at radius 3 is 2.25 bits per heavy atom. The highest BCUT2D eigenvalue weighted by atomic mass is 16.2. The number of hydrogen-bond acceptors (Lipinski definition) is 5. The zero-order valence-corrected chi connectivity index (χ0v) is 19.5. The maximum atomic E-state index is 13.4. The molecule has 1 aliphatic carbocycles. The van der Waals surface area contributed by atoms with Crippen LogP contribution < -0.4 is 0 Å². The Bertz CT molecular complexity index is 959. The van der Waals surface area contributed by atoms with Crippen LogP contribution in [0.3, 0.4) is 0 Å². The fourth-order valence-electron chi connectivity index (χ4n) is 5.84. The fourth-order valence-corrected chi connectivity index (χ4v) is 5.84. The second-order valence-electron chi connectivity index (χ2n) is 9.60. The minimum atomic E-state index is -0.545. The summed E-state index contributed by atoms with van der Waals surface area (Å²) >= 11 is 0. The van der Waals surface area contributed by atoms with Crippen molar-refractivity contribution in [1.29, 1.82) is 0 Å². The van der Waals surface area contributed by atoms with Crippen molar-refractivity contribution in [2.75, 3.05) is 13.1 Å². The van der Waals surface area contributed by atoms with Gasteiger partial charge in [0.15, 0.2) is 0 Å². The van der Waals surface area contributed by atoms with E-state index >= 15 is 0 Å². The fraction of sp³-hybridized carbons (Fsp3) is 0.640. The van der Waals surface area contributed by atoms with Crippen molar-refractivity contribution >= 4 is 23.6 Å². The smallest absolute Gasteiger partial charge is 0.237 e. The molecule has 7 heteroatoms. The lowest BCUT2D eigenvalue weighted by molar-refractivity contribution is -0.142. The van der Waals surface area contributed by atoms with Crippen LogP contribution in [0.25, 0.3) is 0 Å². The maximum absolute atomic E-state index is 13.4. The van der Waals surface area contributed by atoms with Crippen LogP contribution in [0.4, 0.5) is 0 Å². The summed E-state index contributed by atoms with van der Waals surface area (Å²) in [6, 6.07) is 1.95. The third kappa shape index (κ3) is 3.46. The van der Waals surface area contributed by atoms with Crippen LogP contribution in [0.1, 0.15) is 81.5 Å². The lowest BCUT2D eigenvalue weighted by Crippen LogP contribution is -2.40. The molecule has 0 saturated carbocycles. The van der Waals surface area contributed by atoms with Gasteiger partial charge in [-0.15, -0.1) is 0 Å².